The van der Waals surface area contributed by atoms with Gasteiger partial charge >= 0.3 is 0 Å². The summed E-state index contributed by atoms with van der Waals surface area (Å²) in [5.41, 5.74) is 6.08. The van der Waals surface area contributed by atoms with Gasteiger partial charge in [0.1, 0.15) is 6.04 Å². The first-order chi connectivity index (χ1) is 7.43. The highest BCUT2D eigenvalue weighted by Crippen LogP contribution is 2.34. The van der Waals surface area contributed by atoms with E-state index in [1.165, 1.54) is 19.3 Å². The van der Waals surface area contributed by atoms with Crippen LogP contribution in [0.5, 0.6) is 0 Å². The molecule has 1 rings (SSSR count). The molecule has 0 bridgehead atoms. The molecule has 2 atom stereocenters. The molecule has 0 aromatic carbocycles. The molecule has 1 aliphatic heterocycles. The van der Waals surface area contributed by atoms with Crippen molar-refractivity contribution in [3.63, 3.8) is 0 Å². The zero-order valence-electron chi connectivity index (χ0n) is 10.9. The van der Waals surface area contributed by atoms with Gasteiger partial charge in [-0.3, -0.25) is 0 Å². The molecule has 2 N–H and O–H groups in total. The van der Waals surface area contributed by atoms with Crippen molar-refractivity contribution < 1.29 is 0 Å². The highest BCUT2D eigenvalue weighted by Gasteiger charge is 2.27. The average molecular weight is 223 g/mol. The van der Waals surface area contributed by atoms with Crippen LogP contribution in [0.1, 0.15) is 40.0 Å². The van der Waals surface area contributed by atoms with Crippen molar-refractivity contribution in [2.45, 2.75) is 46.1 Å². The largest absolute Gasteiger partial charge is 0.315 e. The summed E-state index contributed by atoms with van der Waals surface area (Å²) in [6, 6.07) is 1.78. The summed E-state index contributed by atoms with van der Waals surface area (Å²) in [5, 5.41) is 8.72. The second-order valence-electron chi connectivity index (χ2n) is 6.03. The molecule has 2 unspecified atom stereocenters. The molecule has 0 spiro atoms. The Morgan fingerprint density at radius 1 is 1.38 bits per heavy atom. The number of nitrogens with zero attached hydrogens (tertiary/aromatic N) is 2. The van der Waals surface area contributed by atoms with Crippen LogP contribution in [0.4, 0.5) is 0 Å². The van der Waals surface area contributed by atoms with Gasteiger partial charge in [0.25, 0.3) is 0 Å². The lowest BCUT2D eigenvalue weighted by molar-refractivity contribution is 0.207. The summed E-state index contributed by atoms with van der Waals surface area (Å²) in [6.07, 6.45) is 3.78. The van der Waals surface area contributed by atoms with Gasteiger partial charge in [0.2, 0.25) is 0 Å². The van der Waals surface area contributed by atoms with Crippen LogP contribution in [0.2, 0.25) is 0 Å². The minimum atomic E-state index is -0.328. The number of likely N-dealkylation sites (tertiary alicyclic amines) is 1. The Hall–Kier alpha value is -0.590. The molecule has 16 heavy (non-hydrogen) atoms. The minimum Gasteiger partial charge on any atom is -0.315 e. The molecule has 3 nitrogen and oxygen atoms in total. The Kier molecular flexibility index (Phi) is 4.76. The second-order valence-corrected chi connectivity index (χ2v) is 6.03. The predicted octanol–water partition coefficient (Wildman–Crippen LogP) is 1.99. The topological polar surface area (TPSA) is 53.0 Å². The van der Waals surface area contributed by atoms with Crippen molar-refractivity contribution in [3.8, 4) is 6.07 Å². The maximum absolute atomic E-state index is 8.72. The van der Waals surface area contributed by atoms with Gasteiger partial charge in [0, 0.05) is 6.54 Å². The van der Waals surface area contributed by atoms with Crippen LogP contribution in [0, 0.1) is 22.7 Å². The molecular weight excluding hydrogens is 198 g/mol. The molecule has 3 heteroatoms. The SMILES string of the molecule is CC(C)(C)C1CCCN(CC(N)C#N)CC1. The highest BCUT2D eigenvalue weighted by molar-refractivity contribution is 4.90. The monoisotopic (exact) mass is 223 g/mol. The fourth-order valence-electron chi connectivity index (χ4n) is 2.52. The van der Waals surface area contributed by atoms with E-state index in [1.807, 2.05) is 0 Å². The van der Waals surface area contributed by atoms with E-state index < -0.39 is 0 Å². The number of rotatable bonds is 2. The number of hydrogen-bond donors (Lipinski definition) is 1. The van der Waals surface area contributed by atoms with Crippen molar-refractivity contribution in [3.05, 3.63) is 0 Å². The number of nitrogens with two attached hydrogens (primary N) is 1. The second kappa shape index (κ2) is 5.65. The van der Waals surface area contributed by atoms with Crippen LogP contribution in [0.3, 0.4) is 0 Å². The first kappa shape index (κ1) is 13.5. The van der Waals surface area contributed by atoms with E-state index in [-0.39, 0.29) is 6.04 Å². The first-order valence-electron chi connectivity index (χ1n) is 6.31. The normalized spacial score (nSPS) is 25.8. The van der Waals surface area contributed by atoms with Crippen molar-refractivity contribution >= 4 is 0 Å². The molecule has 0 radical (unpaired) electrons. The summed E-state index contributed by atoms with van der Waals surface area (Å²) in [5.74, 6) is 0.802. The van der Waals surface area contributed by atoms with Crippen LogP contribution in [0.15, 0.2) is 0 Å². The average Bonchev–Trinajstić information content (AvgIpc) is 2.42. The fraction of sp³-hybridized carbons (Fsp3) is 0.923. The van der Waals surface area contributed by atoms with Gasteiger partial charge in [-0.15, -0.1) is 0 Å². The van der Waals surface area contributed by atoms with E-state index in [1.54, 1.807) is 0 Å². The maximum atomic E-state index is 8.72. The van der Waals surface area contributed by atoms with Gasteiger partial charge in [-0.2, -0.15) is 5.26 Å². The molecule has 1 heterocycles. The molecule has 0 amide bonds. The summed E-state index contributed by atoms with van der Waals surface area (Å²) >= 11 is 0. The van der Waals surface area contributed by atoms with Crippen molar-refractivity contribution in [2.24, 2.45) is 17.1 Å². The van der Waals surface area contributed by atoms with Gasteiger partial charge < -0.3 is 10.6 Å². The Morgan fingerprint density at radius 2 is 2.06 bits per heavy atom. The Bertz CT molecular complexity index is 249. The van der Waals surface area contributed by atoms with E-state index in [4.69, 9.17) is 11.0 Å². The third kappa shape index (κ3) is 4.11. The van der Waals surface area contributed by atoms with Gasteiger partial charge in [-0.25, -0.2) is 0 Å². The third-order valence-corrected chi connectivity index (χ3v) is 3.67. The quantitative estimate of drug-likeness (QED) is 0.779. The molecule has 92 valence electrons. The molecule has 1 aliphatic rings. The van der Waals surface area contributed by atoms with Crippen molar-refractivity contribution in [2.75, 3.05) is 19.6 Å². The van der Waals surface area contributed by atoms with Crippen LogP contribution in [-0.4, -0.2) is 30.6 Å². The van der Waals surface area contributed by atoms with Crippen LogP contribution < -0.4 is 5.73 Å². The molecule has 0 aromatic rings. The summed E-state index contributed by atoms with van der Waals surface area (Å²) < 4.78 is 0. The van der Waals surface area contributed by atoms with E-state index in [9.17, 15) is 0 Å². The molecule has 1 fully saturated rings. The van der Waals surface area contributed by atoms with E-state index >= 15 is 0 Å². The summed E-state index contributed by atoms with van der Waals surface area (Å²) in [6.45, 7) is 9.91. The van der Waals surface area contributed by atoms with Crippen LogP contribution in [0.25, 0.3) is 0 Å². The highest BCUT2D eigenvalue weighted by atomic mass is 15.1. The first-order valence-corrected chi connectivity index (χ1v) is 6.31. The maximum Gasteiger partial charge on any atom is 0.106 e. The third-order valence-electron chi connectivity index (χ3n) is 3.67. The summed E-state index contributed by atoms with van der Waals surface area (Å²) in [7, 11) is 0. The van der Waals surface area contributed by atoms with E-state index in [0.717, 1.165) is 25.6 Å². The van der Waals surface area contributed by atoms with Crippen LogP contribution in [-0.2, 0) is 0 Å². The van der Waals surface area contributed by atoms with Gasteiger partial charge in [-0.05, 0) is 43.7 Å². The molecule has 0 aliphatic carbocycles. The minimum absolute atomic E-state index is 0.328. The Morgan fingerprint density at radius 3 is 2.62 bits per heavy atom. The smallest absolute Gasteiger partial charge is 0.106 e. The lowest BCUT2D eigenvalue weighted by Gasteiger charge is -2.29. The van der Waals surface area contributed by atoms with Crippen molar-refractivity contribution in [1.82, 2.24) is 4.90 Å². The zero-order chi connectivity index (χ0) is 12.2. The molecule has 0 aromatic heterocycles. The Balaban J connectivity index is 2.44. The molecular formula is C13H25N3. The van der Waals surface area contributed by atoms with Gasteiger partial charge in [0.05, 0.1) is 6.07 Å². The Labute approximate surface area is 99.6 Å². The number of hydrogen-bond acceptors (Lipinski definition) is 3. The number of nitriles is 1. The zero-order valence-corrected chi connectivity index (χ0v) is 10.9. The molecule has 1 saturated heterocycles. The van der Waals surface area contributed by atoms with Crippen LogP contribution >= 0.6 is 0 Å². The predicted molar refractivity (Wildman–Crippen MR) is 66.8 cm³/mol. The molecule has 0 saturated carbocycles. The standard InChI is InChI=1S/C13H25N3/c1-13(2,3)11-5-4-7-16(8-6-11)10-12(15)9-14/h11-12H,4-8,10,15H2,1-3H3. The summed E-state index contributed by atoms with van der Waals surface area (Å²) in [4.78, 5) is 2.35. The lowest BCUT2D eigenvalue weighted by atomic mass is 9.77. The van der Waals surface area contributed by atoms with Gasteiger partial charge in [0.15, 0.2) is 0 Å². The van der Waals surface area contributed by atoms with Crippen molar-refractivity contribution in [1.29, 1.82) is 5.26 Å². The van der Waals surface area contributed by atoms with Gasteiger partial charge in [-0.1, -0.05) is 20.8 Å². The lowest BCUT2D eigenvalue weighted by Crippen LogP contribution is -2.37. The van der Waals surface area contributed by atoms with E-state index in [2.05, 4.69) is 31.7 Å². The fourth-order valence-corrected chi connectivity index (χ4v) is 2.52. The van der Waals surface area contributed by atoms with E-state index in [0.29, 0.717) is 5.41 Å².